The van der Waals surface area contributed by atoms with E-state index in [4.69, 9.17) is 11.6 Å². The van der Waals surface area contributed by atoms with Crippen LogP contribution in [0.3, 0.4) is 0 Å². The van der Waals surface area contributed by atoms with Gasteiger partial charge in [-0.1, -0.05) is 31.4 Å². The van der Waals surface area contributed by atoms with Gasteiger partial charge in [-0.2, -0.15) is 18.3 Å². The van der Waals surface area contributed by atoms with Gasteiger partial charge in [0.25, 0.3) is 5.91 Å². The van der Waals surface area contributed by atoms with E-state index in [1.54, 1.807) is 13.8 Å². The molecule has 0 bridgehead atoms. The van der Waals surface area contributed by atoms with Crippen molar-refractivity contribution in [1.82, 2.24) is 19.7 Å². The quantitative estimate of drug-likeness (QED) is 0.304. The van der Waals surface area contributed by atoms with Crippen molar-refractivity contribution in [2.75, 3.05) is 13.1 Å². The van der Waals surface area contributed by atoms with Crippen LogP contribution in [0.1, 0.15) is 89.9 Å². The minimum absolute atomic E-state index is 0.0168. The molecule has 0 spiro atoms. The molecule has 13 heteroatoms. The number of aryl methyl sites for hydroxylation is 1. The average Bonchev–Trinajstić information content (AvgIpc) is 3.49. The molecule has 2 aliphatic rings. The summed E-state index contributed by atoms with van der Waals surface area (Å²) in [4.78, 5) is 43.2. The number of aliphatic carboxylic acids is 1. The van der Waals surface area contributed by atoms with Crippen molar-refractivity contribution in [3.05, 3.63) is 46.0 Å². The molecular weight excluding hydrogens is 556 g/mol. The van der Waals surface area contributed by atoms with Crippen molar-refractivity contribution < 1.29 is 37.1 Å². The number of carbonyl (C=O) groups excluding carboxylic acids is 2. The third kappa shape index (κ3) is 6.16. The number of halogens is 5. The van der Waals surface area contributed by atoms with E-state index in [9.17, 15) is 32.7 Å². The Balaban J connectivity index is 1.70. The molecule has 0 aromatic carbocycles. The van der Waals surface area contributed by atoms with E-state index in [1.807, 2.05) is 0 Å². The number of carbonyl (C=O) groups is 3. The van der Waals surface area contributed by atoms with Crippen LogP contribution < -0.4 is 0 Å². The number of rotatable bonds is 8. The molecule has 4 rings (SSSR count). The number of ketones is 1. The zero-order valence-electron chi connectivity index (χ0n) is 22.2. The predicted octanol–water partition coefficient (Wildman–Crippen LogP) is 5.93. The number of carboxylic acid groups (broad SMARTS) is 1. The Morgan fingerprint density at radius 1 is 1.18 bits per heavy atom. The van der Waals surface area contributed by atoms with Crippen LogP contribution in [-0.2, 0) is 11.0 Å². The normalized spacial score (nSPS) is 22.7. The molecule has 0 saturated heterocycles. The zero-order valence-corrected chi connectivity index (χ0v) is 22.9. The van der Waals surface area contributed by atoms with Gasteiger partial charge in [-0.15, -0.1) is 0 Å². The number of hydrogen-bond acceptors (Lipinski definition) is 5. The minimum Gasteiger partial charge on any atom is -0.481 e. The minimum atomic E-state index is -4.99. The van der Waals surface area contributed by atoms with Gasteiger partial charge in [0.05, 0.1) is 41.8 Å². The van der Waals surface area contributed by atoms with Crippen LogP contribution in [0.2, 0.25) is 5.02 Å². The summed E-state index contributed by atoms with van der Waals surface area (Å²) < 4.78 is 59.7. The number of amides is 1. The molecule has 0 unspecified atom stereocenters. The van der Waals surface area contributed by atoms with Gasteiger partial charge in [0, 0.05) is 18.0 Å². The number of Topliss-reactive ketones (excluding diaryl/α,β-unsaturated/α-hetero) is 1. The summed E-state index contributed by atoms with van der Waals surface area (Å²) in [5.74, 6) is -3.90. The fourth-order valence-corrected chi connectivity index (χ4v) is 6.36. The lowest BCUT2D eigenvalue weighted by Gasteiger charge is -2.33. The van der Waals surface area contributed by atoms with E-state index in [0.717, 1.165) is 15.8 Å². The second kappa shape index (κ2) is 11.5. The maximum Gasteiger partial charge on any atom is 0.433 e. The van der Waals surface area contributed by atoms with Gasteiger partial charge in [0.2, 0.25) is 0 Å². The molecule has 3 atom stereocenters. The summed E-state index contributed by atoms with van der Waals surface area (Å²) in [7, 11) is 0. The largest absolute Gasteiger partial charge is 0.481 e. The highest BCUT2D eigenvalue weighted by atomic mass is 35.5. The first-order chi connectivity index (χ1) is 18.7. The first-order valence-electron chi connectivity index (χ1n) is 13.2. The Labute approximate surface area is 233 Å². The van der Waals surface area contributed by atoms with Crippen LogP contribution in [-0.4, -0.2) is 61.2 Å². The molecule has 2 aliphatic carbocycles. The number of carboxylic acids is 1. The van der Waals surface area contributed by atoms with Crippen LogP contribution in [0.25, 0.3) is 0 Å². The van der Waals surface area contributed by atoms with Crippen molar-refractivity contribution in [3.63, 3.8) is 0 Å². The lowest BCUT2D eigenvalue weighted by molar-refractivity contribution is -0.149. The van der Waals surface area contributed by atoms with Gasteiger partial charge < -0.3 is 10.0 Å². The molecule has 0 radical (unpaired) electrons. The summed E-state index contributed by atoms with van der Waals surface area (Å²) >= 11 is 6.16. The fourth-order valence-electron chi connectivity index (χ4n) is 6.05. The van der Waals surface area contributed by atoms with Gasteiger partial charge in [0.15, 0.2) is 11.5 Å². The smallest absolute Gasteiger partial charge is 0.433 e. The maximum absolute atomic E-state index is 15.6. The molecule has 218 valence electrons. The van der Waals surface area contributed by atoms with E-state index < -0.39 is 71.7 Å². The Morgan fingerprint density at radius 2 is 1.85 bits per heavy atom. The van der Waals surface area contributed by atoms with Crippen molar-refractivity contribution in [2.24, 2.45) is 11.8 Å². The topological polar surface area (TPSA) is 105 Å². The van der Waals surface area contributed by atoms with Crippen LogP contribution in [0.4, 0.5) is 17.6 Å². The number of pyridine rings is 1. The standard InChI is InChI=1S/C27H31ClF4N4O4/c1-15-9-17(5-6-18(15)25(39)40)36-23(27(30,31)32)19(11-34-36)24(38)35(14-26(29)7-3-4-8-26)13-21(37)22-16(2)10-33-12-20(22)28/h10-12,15,17-18H,3-9,13-14H2,1-2H3,(H,39,40)/t15-,17+,18+/m1/s1. The van der Waals surface area contributed by atoms with E-state index in [-0.39, 0.29) is 42.7 Å². The van der Waals surface area contributed by atoms with E-state index in [2.05, 4.69) is 10.1 Å². The van der Waals surface area contributed by atoms with Crippen LogP contribution in [0, 0.1) is 18.8 Å². The predicted molar refractivity (Wildman–Crippen MR) is 137 cm³/mol. The first kappa shape index (κ1) is 30.0. The molecule has 2 aromatic heterocycles. The Hall–Kier alpha value is -3.02. The van der Waals surface area contributed by atoms with Crippen LogP contribution >= 0.6 is 11.6 Å². The Morgan fingerprint density at radius 3 is 2.42 bits per heavy atom. The molecule has 0 aliphatic heterocycles. The number of nitrogens with zero attached hydrogens (tertiary/aromatic N) is 4. The highest BCUT2D eigenvalue weighted by Crippen LogP contribution is 2.41. The highest BCUT2D eigenvalue weighted by Gasteiger charge is 2.45. The summed E-state index contributed by atoms with van der Waals surface area (Å²) in [5.41, 5.74) is -3.45. The maximum atomic E-state index is 15.6. The molecule has 1 amide bonds. The lowest BCUT2D eigenvalue weighted by Crippen LogP contribution is -2.45. The van der Waals surface area contributed by atoms with Gasteiger partial charge in [-0.25, -0.2) is 4.39 Å². The summed E-state index contributed by atoms with van der Waals surface area (Å²) in [6.45, 7) is 2.01. The summed E-state index contributed by atoms with van der Waals surface area (Å²) in [6, 6.07) is -0.778. The van der Waals surface area contributed by atoms with Gasteiger partial charge in [-0.05, 0) is 50.5 Å². The molecule has 2 fully saturated rings. The van der Waals surface area contributed by atoms with Crippen molar-refractivity contribution in [2.45, 2.75) is 76.7 Å². The number of aromatic nitrogens is 3. The highest BCUT2D eigenvalue weighted by molar-refractivity contribution is 6.34. The number of alkyl halides is 4. The Bertz CT molecular complexity index is 1270. The zero-order chi connectivity index (χ0) is 29.4. The van der Waals surface area contributed by atoms with Crippen molar-refractivity contribution in [3.8, 4) is 0 Å². The second-order valence-electron chi connectivity index (χ2n) is 11.0. The molecule has 1 N–H and O–H groups in total. The Kier molecular flexibility index (Phi) is 8.58. The molecule has 2 aromatic rings. The molecule has 2 heterocycles. The number of hydrogen-bond donors (Lipinski definition) is 1. The third-order valence-electron chi connectivity index (χ3n) is 8.06. The molecule has 8 nitrogen and oxygen atoms in total. The van der Waals surface area contributed by atoms with Crippen molar-refractivity contribution in [1.29, 1.82) is 0 Å². The SMILES string of the molecule is Cc1cncc(Cl)c1C(=O)CN(CC1(F)CCCC1)C(=O)c1cnn([C@H]2CC[C@H](C(=O)O)[C@H](C)C2)c1C(F)(F)F. The van der Waals surface area contributed by atoms with Crippen LogP contribution in [0.15, 0.2) is 18.6 Å². The van der Waals surface area contributed by atoms with E-state index in [1.165, 1.54) is 12.4 Å². The summed E-state index contributed by atoms with van der Waals surface area (Å²) in [5, 5.41) is 13.3. The van der Waals surface area contributed by atoms with Gasteiger partial charge in [-0.3, -0.25) is 24.0 Å². The summed E-state index contributed by atoms with van der Waals surface area (Å²) in [6.07, 6.45) is 0.245. The first-order valence-corrected chi connectivity index (χ1v) is 13.6. The van der Waals surface area contributed by atoms with E-state index >= 15 is 4.39 Å². The molecule has 2 saturated carbocycles. The molecule has 40 heavy (non-hydrogen) atoms. The average molecular weight is 587 g/mol. The van der Waals surface area contributed by atoms with Crippen LogP contribution in [0.5, 0.6) is 0 Å². The van der Waals surface area contributed by atoms with E-state index in [0.29, 0.717) is 18.4 Å². The van der Waals surface area contributed by atoms with Gasteiger partial charge in [0.1, 0.15) is 5.67 Å². The fraction of sp³-hybridized carbons (Fsp3) is 0.593. The van der Waals surface area contributed by atoms with Gasteiger partial charge >= 0.3 is 12.1 Å². The second-order valence-corrected chi connectivity index (χ2v) is 11.4. The van der Waals surface area contributed by atoms with Crippen molar-refractivity contribution >= 4 is 29.3 Å². The monoisotopic (exact) mass is 586 g/mol. The third-order valence-corrected chi connectivity index (χ3v) is 8.35. The lowest BCUT2D eigenvalue weighted by atomic mass is 9.78. The molecular formula is C27H31ClF4N4O4.